The molecule has 2 atom stereocenters. The average molecular weight is 715 g/mol. The second-order valence-corrected chi connectivity index (χ2v) is 12.7. The summed E-state index contributed by atoms with van der Waals surface area (Å²) in [6, 6.07) is -2.20. The number of carbonyl (C=O) groups excluding carboxylic acids is 3. The van der Waals surface area contributed by atoms with Gasteiger partial charge in [0.2, 0.25) is 11.0 Å². The molecule has 1 saturated heterocycles. The fraction of sp³-hybridized carbons (Fsp3) is 0.348. The van der Waals surface area contributed by atoms with Crippen LogP contribution in [0.15, 0.2) is 32.4 Å². The summed E-state index contributed by atoms with van der Waals surface area (Å²) in [5.41, 5.74) is 0.324. The van der Waals surface area contributed by atoms with Crippen molar-refractivity contribution >= 4 is 56.2 Å². The molecule has 1 aliphatic rings. The molecule has 48 heavy (non-hydrogen) atoms. The van der Waals surface area contributed by atoms with Crippen LogP contribution in [0.3, 0.4) is 0 Å². The number of carboxylic acids is 1. The number of thiazole rings is 1. The summed E-state index contributed by atoms with van der Waals surface area (Å²) in [6.45, 7) is 0.137. The van der Waals surface area contributed by atoms with Gasteiger partial charge in [-0.2, -0.15) is 8.42 Å². The second-order valence-electron chi connectivity index (χ2n) is 10.3. The zero-order valence-electron chi connectivity index (χ0n) is 24.5. The van der Waals surface area contributed by atoms with Crippen LogP contribution < -0.4 is 26.9 Å². The molecule has 1 aliphatic heterocycles. The summed E-state index contributed by atoms with van der Waals surface area (Å²) in [6.07, 6.45) is -0.778. The zero-order chi connectivity index (χ0) is 35.7. The van der Waals surface area contributed by atoms with Crippen LogP contribution in [-0.4, -0.2) is 118 Å². The van der Waals surface area contributed by atoms with Gasteiger partial charge < -0.3 is 41.3 Å². The van der Waals surface area contributed by atoms with Crippen molar-refractivity contribution in [2.45, 2.75) is 38.1 Å². The number of anilines is 1. The standard InChI is InChI=1S/C23H26N10O13S2/c1-23(2,19(40)41)46-29-15(12-8-47-20(24)27-12)17(38)26-11-6-32(18(11)39)21(42)30-48(44,45)33-22(43)31(5-9(35)7-34)16(28-33)10-3-13(36)14(37)4-25-10/h3-4,8-9,11,34-35,37H,5-7H2,1-2H3,(H2,24,27)(H,25,36)(H,26,38)(H,30,42)(H,40,41)/b29-15-/t9-,11+/m1/s1. The van der Waals surface area contributed by atoms with E-state index in [1.54, 1.807) is 0 Å². The number of imide groups is 1. The topological polar surface area (TPSA) is 344 Å². The number of hydrogen-bond donors (Lipinski definition) is 8. The Morgan fingerprint density at radius 2 is 1.98 bits per heavy atom. The Balaban J connectivity index is 1.52. The number of β-lactam (4-membered cyclic amide) rings is 1. The monoisotopic (exact) mass is 714 g/mol. The molecular weight excluding hydrogens is 688 g/mol. The maximum absolute atomic E-state index is 13.0. The van der Waals surface area contributed by atoms with E-state index in [9.17, 15) is 57.6 Å². The van der Waals surface area contributed by atoms with E-state index in [0.29, 0.717) is 9.47 Å². The molecule has 0 unspecified atom stereocenters. The number of aromatic nitrogens is 5. The number of aromatic hydroxyl groups is 1. The molecule has 4 heterocycles. The lowest BCUT2D eigenvalue weighted by atomic mass is 10.1. The molecule has 3 aromatic rings. The number of carboxylic acid groups (broad SMARTS) is 1. The number of rotatable bonds is 12. The minimum atomic E-state index is -5.22. The molecule has 0 bridgehead atoms. The highest BCUT2D eigenvalue weighted by atomic mass is 32.2. The van der Waals surface area contributed by atoms with Gasteiger partial charge in [0.1, 0.15) is 11.7 Å². The molecule has 25 heteroatoms. The summed E-state index contributed by atoms with van der Waals surface area (Å²) < 4.78 is 27.9. The molecule has 0 saturated carbocycles. The van der Waals surface area contributed by atoms with E-state index >= 15 is 0 Å². The fourth-order valence-electron chi connectivity index (χ4n) is 3.71. The predicted molar refractivity (Wildman–Crippen MR) is 160 cm³/mol. The Labute approximate surface area is 271 Å². The van der Waals surface area contributed by atoms with Gasteiger partial charge in [0.15, 0.2) is 22.4 Å². The van der Waals surface area contributed by atoms with E-state index in [1.165, 1.54) is 10.1 Å². The number of aliphatic hydroxyl groups excluding tert-OH is 2. The number of nitrogens with two attached hydrogens (primary N) is 1. The first-order valence-electron chi connectivity index (χ1n) is 13.2. The number of aromatic amines is 1. The van der Waals surface area contributed by atoms with E-state index in [4.69, 9.17) is 10.6 Å². The predicted octanol–water partition coefficient (Wildman–Crippen LogP) is -4.09. The number of urea groups is 1. The van der Waals surface area contributed by atoms with Crippen LogP contribution in [0.25, 0.3) is 11.5 Å². The Hall–Kier alpha value is -5.66. The van der Waals surface area contributed by atoms with E-state index in [2.05, 4.69) is 25.5 Å². The van der Waals surface area contributed by atoms with Crippen LogP contribution in [0.5, 0.6) is 5.75 Å². The maximum Gasteiger partial charge on any atom is 0.362 e. The Kier molecular flexibility index (Phi) is 9.69. The first-order valence-corrected chi connectivity index (χ1v) is 15.5. The van der Waals surface area contributed by atoms with Gasteiger partial charge in [-0.25, -0.2) is 24.1 Å². The molecule has 0 radical (unpaired) electrons. The molecule has 23 nitrogen and oxygen atoms in total. The van der Waals surface area contributed by atoms with Crippen LogP contribution in [0.1, 0.15) is 19.5 Å². The highest BCUT2D eigenvalue weighted by Gasteiger charge is 2.44. The fourth-order valence-corrected chi connectivity index (χ4v) is 5.16. The Bertz CT molecular complexity index is 2050. The lowest BCUT2D eigenvalue weighted by Crippen LogP contribution is -2.68. The third kappa shape index (κ3) is 7.17. The lowest BCUT2D eigenvalue weighted by Gasteiger charge is -2.36. The van der Waals surface area contributed by atoms with Gasteiger partial charge in [0.05, 0.1) is 31.5 Å². The number of nitrogen functional groups attached to an aromatic ring is 1. The number of nitrogens with one attached hydrogen (secondary N) is 3. The van der Waals surface area contributed by atoms with Gasteiger partial charge in [0.25, 0.3) is 11.8 Å². The quantitative estimate of drug-likeness (QED) is 0.0502. The molecule has 3 aromatic heterocycles. The summed E-state index contributed by atoms with van der Waals surface area (Å²) >= 11 is 0.913. The van der Waals surface area contributed by atoms with Crippen LogP contribution in [0.4, 0.5) is 9.93 Å². The molecule has 258 valence electrons. The first kappa shape index (κ1) is 35.2. The van der Waals surface area contributed by atoms with Gasteiger partial charge in [-0.1, -0.05) is 9.24 Å². The van der Waals surface area contributed by atoms with Crippen LogP contribution in [0, 0.1) is 0 Å². The molecule has 0 spiro atoms. The normalized spacial score (nSPS) is 15.8. The third-order valence-electron chi connectivity index (χ3n) is 6.36. The molecular formula is C23H26N10O13S2. The number of aliphatic carboxylic acids is 1. The third-order valence-corrected chi connectivity index (χ3v) is 8.16. The Morgan fingerprint density at radius 1 is 1.29 bits per heavy atom. The number of aliphatic hydroxyl groups is 2. The van der Waals surface area contributed by atoms with E-state index in [1.807, 2.05) is 0 Å². The minimum Gasteiger partial charge on any atom is -0.503 e. The van der Waals surface area contributed by atoms with Crippen LogP contribution >= 0.6 is 11.3 Å². The van der Waals surface area contributed by atoms with Crippen molar-refractivity contribution < 1.29 is 52.9 Å². The van der Waals surface area contributed by atoms with Crippen molar-refractivity contribution in [1.29, 1.82) is 0 Å². The number of amides is 4. The number of carbonyl (C=O) groups is 4. The molecule has 0 aliphatic carbocycles. The number of pyridine rings is 1. The van der Waals surface area contributed by atoms with Crippen molar-refractivity contribution in [2.24, 2.45) is 5.16 Å². The number of likely N-dealkylation sites (tertiary alicyclic amines) is 1. The van der Waals surface area contributed by atoms with Crippen molar-refractivity contribution in [2.75, 3.05) is 18.9 Å². The summed E-state index contributed by atoms with van der Waals surface area (Å²) in [4.78, 5) is 86.4. The average Bonchev–Trinajstić information content (AvgIpc) is 3.58. The van der Waals surface area contributed by atoms with Crippen LogP contribution in [-0.2, 0) is 36.0 Å². The Morgan fingerprint density at radius 3 is 2.54 bits per heavy atom. The second kappa shape index (κ2) is 13.2. The van der Waals surface area contributed by atoms with Crippen molar-refractivity contribution in [3.05, 3.63) is 44.0 Å². The van der Waals surface area contributed by atoms with Gasteiger partial charge in [-0.05, 0) is 13.8 Å². The SMILES string of the molecule is CC(C)(O/N=C(\C(=O)N[C@H]1CN(C(=O)NS(=O)(=O)n2nc(-c3cc(=O)c(O)c[nH]3)n(C[C@@H](O)CO)c2=O)C1=O)c1csc(N)n1)C(=O)O. The zero-order valence-corrected chi connectivity index (χ0v) is 26.2. The van der Waals surface area contributed by atoms with Crippen molar-refractivity contribution in [1.82, 2.24) is 38.7 Å². The first-order chi connectivity index (χ1) is 22.4. The van der Waals surface area contributed by atoms with E-state index in [-0.39, 0.29) is 20.6 Å². The van der Waals surface area contributed by atoms with E-state index in [0.717, 1.165) is 37.4 Å². The van der Waals surface area contributed by atoms with Gasteiger partial charge >= 0.3 is 27.9 Å². The molecule has 4 amide bonds. The van der Waals surface area contributed by atoms with Crippen LogP contribution in [0.2, 0.25) is 0 Å². The maximum atomic E-state index is 13.0. The molecule has 4 rings (SSSR count). The van der Waals surface area contributed by atoms with Crippen molar-refractivity contribution in [3.8, 4) is 17.3 Å². The van der Waals surface area contributed by atoms with Gasteiger partial charge in [0, 0.05) is 17.6 Å². The summed E-state index contributed by atoms with van der Waals surface area (Å²) in [5, 5.41) is 48.6. The molecule has 9 N–H and O–H groups in total. The summed E-state index contributed by atoms with van der Waals surface area (Å²) in [5.74, 6) is -4.89. The summed E-state index contributed by atoms with van der Waals surface area (Å²) in [7, 11) is -5.22. The number of H-pyrrole nitrogens is 1. The van der Waals surface area contributed by atoms with E-state index < -0.39 is 99.9 Å². The number of nitrogens with zero attached hydrogens (tertiary/aromatic N) is 6. The molecule has 1 fully saturated rings. The van der Waals surface area contributed by atoms with Crippen molar-refractivity contribution in [3.63, 3.8) is 0 Å². The van der Waals surface area contributed by atoms with Gasteiger partial charge in [-0.15, -0.1) is 16.4 Å². The highest BCUT2D eigenvalue weighted by molar-refractivity contribution is 7.88. The number of oxime groups is 1. The van der Waals surface area contributed by atoms with Gasteiger partial charge in [-0.3, -0.25) is 23.9 Å². The minimum absolute atomic E-state index is 0.0174. The largest absolute Gasteiger partial charge is 0.503 e. The highest BCUT2D eigenvalue weighted by Crippen LogP contribution is 2.18. The number of hydrogen-bond acceptors (Lipinski definition) is 17. The lowest BCUT2D eigenvalue weighted by molar-refractivity contribution is -0.161. The smallest absolute Gasteiger partial charge is 0.362 e. The molecule has 0 aromatic carbocycles.